The van der Waals surface area contributed by atoms with Gasteiger partial charge in [0.1, 0.15) is 6.29 Å². The first-order valence-electron chi connectivity index (χ1n) is 6.81. The lowest BCUT2D eigenvalue weighted by molar-refractivity contribution is 0.112. The summed E-state index contributed by atoms with van der Waals surface area (Å²) >= 11 is 0. The van der Waals surface area contributed by atoms with Crippen LogP contribution in [0.5, 0.6) is 0 Å². The highest BCUT2D eigenvalue weighted by atomic mass is 16.1. The van der Waals surface area contributed by atoms with Crippen molar-refractivity contribution >= 4 is 6.29 Å². The Morgan fingerprint density at radius 2 is 2.05 bits per heavy atom. The molecule has 0 N–H and O–H groups in total. The van der Waals surface area contributed by atoms with Crippen LogP contribution in [0.3, 0.4) is 0 Å². The normalized spacial score (nSPS) is 11.4. The molecule has 0 bridgehead atoms. The number of rotatable bonds is 5. The average molecular weight is 269 g/mol. The molecule has 0 saturated heterocycles. The van der Waals surface area contributed by atoms with Crippen LogP contribution in [0.15, 0.2) is 36.4 Å². The molecule has 20 heavy (non-hydrogen) atoms. The molecule has 0 radical (unpaired) electrons. The Bertz CT molecular complexity index is 526. The lowest BCUT2D eigenvalue weighted by atomic mass is 9.98. The fraction of sp³-hybridized carbons (Fsp3) is 0.389. The Labute approximate surface area is 122 Å². The number of carbonyl (C=O) groups excluding carboxylic acids is 1. The number of aldehydes is 1. The van der Waals surface area contributed by atoms with E-state index in [-0.39, 0.29) is 5.41 Å². The number of likely N-dealkylation sites (N-methyl/N-ethyl adjacent to an activating group) is 1. The van der Waals surface area contributed by atoms with Crippen LogP contribution in [-0.4, -0.2) is 24.8 Å². The topological polar surface area (TPSA) is 20.3 Å². The van der Waals surface area contributed by atoms with Crippen LogP contribution in [-0.2, 0) is 6.54 Å². The number of allylic oxidation sites excluding steroid dienone is 1. The molecule has 0 aliphatic carbocycles. The highest BCUT2D eigenvalue weighted by Crippen LogP contribution is 2.09. The number of hydrogen-bond donors (Lipinski definition) is 0. The zero-order valence-corrected chi connectivity index (χ0v) is 12.8. The molecule has 0 saturated carbocycles. The molecule has 0 fully saturated rings. The minimum atomic E-state index is 0.0471. The van der Waals surface area contributed by atoms with E-state index in [0.717, 1.165) is 30.5 Å². The van der Waals surface area contributed by atoms with Crippen LogP contribution in [0.4, 0.5) is 0 Å². The summed E-state index contributed by atoms with van der Waals surface area (Å²) < 4.78 is 0. The Morgan fingerprint density at radius 1 is 1.30 bits per heavy atom. The van der Waals surface area contributed by atoms with E-state index in [4.69, 9.17) is 0 Å². The fourth-order valence-corrected chi connectivity index (χ4v) is 1.69. The summed E-state index contributed by atoms with van der Waals surface area (Å²) in [5.74, 6) is 6.23. The quantitative estimate of drug-likeness (QED) is 0.602. The van der Waals surface area contributed by atoms with Gasteiger partial charge >= 0.3 is 0 Å². The van der Waals surface area contributed by atoms with Crippen molar-refractivity contribution in [2.75, 3.05) is 13.6 Å². The molecule has 1 aromatic carbocycles. The van der Waals surface area contributed by atoms with Gasteiger partial charge in [0.15, 0.2) is 0 Å². The Morgan fingerprint density at radius 3 is 2.70 bits per heavy atom. The van der Waals surface area contributed by atoms with Gasteiger partial charge in [-0.25, -0.2) is 0 Å². The molecule has 1 rings (SSSR count). The van der Waals surface area contributed by atoms with Gasteiger partial charge in [-0.15, -0.1) is 0 Å². The second-order valence-electron chi connectivity index (χ2n) is 5.98. The van der Waals surface area contributed by atoms with Gasteiger partial charge in [0.25, 0.3) is 0 Å². The van der Waals surface area contributed by atoms with Crippen LogP contribution < -0.4 is 0 Å². The van der Waals surface area contributed by atoms with E-state index in [1.54, 1.807) is 0 Å². The molecule has 0 spiro atoms. The monoisotopic (exact) mass is 269 g/mol. The summed E-state index contributed by atoms with van der Waals surface area (Å²) in [5.41, 5.74) is 1.92. The van der Waals surface area contributed by atoms with E-state index >= 15 is 0 Å². The molecule has 0 aliphatic rings. The standard InChI is InChI=1S/C18H23NO/c1-18(2,3)11-6-5-7-12-19(4)14-16-9-8-10-17(13-16)15-20/h5,7-10,13,15H,12,14H2,1-4H3/b7-5+. The third-order valence-electron chi connectivity index (χ3n) is 2.61. The molecule has 2 nitrogen and oxygen atoms in total. The van der Waals surface area contributed by atoms with Crippen molar-refractivity contribution in [2.24, 2.45) is 5.41 Å². The Kier molecular flexibility index (Phi) is 6.21. The van der Waals surface area contributed by atoms with E-state index < -0.39 is 0 Å². The number of nitrogens with zero attached hydrogens (tertiary/aromatic N) is 1. The first-order chi connectivity index (χ1) is 9.40. The summed E-state index contributed by atoms with van der Waals surface area (Å²) in [4.78, 5) is 12.9. The number of hydrogen-bond acceptors (Lipinski definition) is 2. The number of carbonyl (C=O) groups is 1. The number of benzene rings is 1. The SMILES string of the molecule is CN(C/C=C/C#CC(C)(C)C)Cc1cccc(C=O)c1. The zero-order valence-electron chi connectivity index (χ0n) is 12.8. The largest absolute Gasteiger partial charge is 0.298 e. The molecule has 106 valence electrons. The van der Waals surface area contributed by atoms with Gasteiger partial charge in [-0.3, -0.25) is 9.69 Å². The van der Waals surface area contributed by atoms with Gasteiger partial charge in [-0.1, -0.05) is 36.1 Å². The van der Waals surface area contributed by atoms with Crippen LogP contribution in [0.1, 0.15) is 36.7 Å². The van der Waals surface area contributed by atoms with Crippen LogP contribution in [0.2, 0.25) is 0 Å². The smallest absolute Gasteiger partial charge is 0.150 e. The summed E-state index contributed by atoms with van der Waals surface area (Å²) in [6.07, 6.45) is 4.84. The van der Waals surface area contributed by atoms with E-state index in [9.17, 15) is 4.79 Å². The second-order valence-corrected chi connectivity index (χ2v) is 5.98. The molecule has 0 atom stereocenters. The molecule has 0 aromatic heterocycles. The van der Waals surface area contributed by atoms with Crippen LogP contribution in [0.25, 0.3) is 0 Å². The Balaban J connectivity index is 2.47. The lowest BCUT2D eigenvalue weighted by Crippen LogP contribution is -2.17. The van der Waals surface area contributed by atoms with Crippen molar-refractivity contribution in [3.05, 3.63) is 47.5 Å². The van der Waals surface area contributed by atoms with Crippen molar-refractivity contribution < 1.29 is 4.79 Å². The zero-order chi connectivity index (χ0) is 15.0. The molecule has 1 aromatic rings. The van der Waals surface area contributed by atoms with E-state index in [2.05, 4.69) is 50.6 Å². The maximum Gasteiger partial charge on any atom is 0.150 e. The predicted octanol–water partition coefficient (Wildman–Crippen LogP) is 3.54. The highest BCUT2D eigenvalue weighted by molar-refractivity contribution is 5.74. The minimum Gasteiger partial charge on any atom is -0.298 e. The van der Waals surface area contributed by atoms with E-state index in [0.29, 0.717) is 0 Å². The van der Waals surface area contributed by atoms with Crippen LogP contribution in [0, 0.1) is 17.3 Å². The van der Waals surface area contributed by atoms with Crippen LogP contribution >= 0.6 is 0 Å². The van der Waals surface area contributed by atoms with Gasteiger partial charge in [-0.2, -0.15) is 0 Å². The summed E-state index contributed by atoms with van der Waals surface area (Å²) in [5, 5.41) is 0. The molecular weight excluding hydrogens is 246 g/mol. The molecule has 0 amide bonds. The maximum absolute atomic E-state index is 10.7. The molecule has 0 unspecified atom stereocenters. The molecule has 0 aliphatic heterocycles. The second kappa shape index (κ2) is 7.67. The summed E-state index contributed by atoms with van der Waals surface area (Å²) in [6.45, 7) is 7.95. The predicted molar refractivity (Wildman–Crippen MR) is 84.5 cm³/mol. The first-order valence-corrected chi connectivity index (χ1v) is 6.81. The van der Waals surface area contributed by atoms with Gasteiger partial charge in [0.05, 0.1) is 0 Å². The van der Waals surface area contributed by atoms with Gasteiger partial charge < -0.3 is 0 Å². The van der Waals surface area contributed by atoms with Crippen molar-refractivity contribution in [3.8, 4) is 11.8 Å². The van der Waals surface area contributed by atoms with Crippen molar-refractivity contribution in [1.29, 1.82) is 0 Å². The van der Waals surface area contributed by atoms with Gasteiger partial charge in [0, 0.05) is 24.1 Å². The lowest BCUT2D eigenvalue weighted by Gasteiger charge is -2.14. The molecule has 2 heteroatoms. The minimum absolute atomic E-state index is 0.0471. The first kappa shape index (κ1) is 16.2. The highest BCUT2D eigenvalue weighted by Gasteiger charge is 2.02. The van der Waals surface area contributed by atoms with Crippen molar-refractivity contribution in [2.45, 2.75) is 27.3 Å². The fourth-order valence-electron chi connectivity index (χ4n) is 1.69. The van der Waals surface area contributed by atoms with E-state index in [1.807, 2.05) is 30.3 Å². The average Bonchev–Trinajstić information content (AvgIpc) is 2.37. The Hall–Kier alpha value is -1.85. The third-order valence-corrected chi connectivity index (χ3v) is 2.61. The van der Waals surface area contributed by atoms with Crippen molar-refractivity contribution in [1.82, 2.24) is 4.90 Å². The van der Waals surface area contributed by atoms with Crippen molar-refractivity contribution in [3.63, 3.8) is 0 Å². The third kappa shape index (κ3) is 6.92. The van der Waals surface area contributed by atoms with Gasteiger partial charge in [-0.05, 0) is 45.5 Å². The summed E-state index contributed by atoms with van der Waals surface area (Å²) in [6, 6.07) is 7.69. The molecule has 0 heterocycles. The summed E-state index contributed by atoms with van der Waals surface area (Å²) in [7, 11) is 2.05. The molecular formula is C18H23NO. The van der Waals surface area contributed by atoms with Gasteiger partial charge in [0.2, 0.25) is 0 Å². The van der Waals surface area contributed by atoms with E-state index in [1.165, 1.54) is 0 Å². The maximum atomic E-state index is 10.7.